The maximum atomic E-state index is 12.4. The molecule has 1 aliphatic heterocycles. The monoisotopic (exact) mass is 344 g/mol. The molecule has 134 valence electrons. The summed E-state index contributed by atoms with van der Waals surface area (Å²) in [6, 6.07) is 7.16. The second-order valence-electron chi connectivity index (χ2n) is 6.74. The lowest BCUT2D eigenvalue weighted by atomic mass is 10.1. The van der Waals surface area contributed by atoms with Gasteiger partial charge in [-0.3, -0.25) is 9.69 Å². The molecule has 2 heterocycles. The quantitative estimate of drug-likeness (QED) is 0.897. The van der Waals surface area contributed by atoms with Crippen molar-refractivity contribution in [2.45, 2.75) is 38.3 Å². The highest BCUT2D eigenvalue weighted by Gasteiger charge is 2.35. The van der Waals surface area contributed by atoms with Crippen LogP contribution in [-0.4, -0.2) is 47.7 Å². The molecule has 25 heavy (non-hydrogen) atoms. The van der Waals surface area contributed by atoms with Gasteiger partial charge in [0.25, 0.3) is 5.91 Å². The van der Waals surface area contributed by atoms with Crippen LogP contribution in [0.15, 0.2) is 28.8 Å². The molecule has 0 bridgehead atoms. The van der Waals surface area contributed by atoms with E-state index in [9.17, 15) is 4.79 Å². The Hall–Kier alpha value is -2.41. The standard InChI is InChI=1S/C18H24N4O3/c1-11(2)16-20-18(25-21-16)15-9-13(10-22(15)3)19-17(23)12-5-7-14(24-4)8-6-12/h5-8,11,13,15H,9-10H2,1-4H3,(H,19,23)/t13-,15-/m0/s1. The summed E-state index contributed by atoms with van der Waals surface area (Å²) in [7, 11) is 3.61. The smallest absolute Gasteiger partial charge is 0.251 e. The van der Waals surface area contributed by atoms with Gasteiger partial charge in [-0.1, -0.05) is 19.0 Å². The number of nitrogens with zero attached hydrogens (tertiary/aromatic N) is 3. The van der Waals surface area contributed by atoms with Crippen LogP contribution in [0.1, 0.15) is 54.3 Å². The lowest BCUT2D eigenvalue weighted by molar-refractivity contribution is 0.0938. The summed E-state index contributed by atoms with van der Waals surface area (Å²) >= 11 is 0. The van der Waals surface area contributed by atoms with Crippen LogP contribution in [0, 0.1) is 0 Å². The molecule has 0 saturated carbocycles. The summed E-state index contributed by atoms with van der Waals surface area (Å²) in [5, 5.41) is 7.11. The highest BCUT2D eigenvalue weighted by atomic mass is 16.5. The number of carbonyl (C=O) groups excluding carboxylic acids is 1. The van der Waals surface area contributed by atoms with Gasteiger partial charge in [0, 0.05) is 24.1 Å². The summed E-state index contributed by atoms with van der Waals surface area (Å²) in [5.41, 5.74) is 0.617. The fourth-order valence-electron chi connectivity index (χ4n) is 3.02. The van der Waals surface area contributed by atoms with Crippen molar-refractivity contribution in [1.29, 1.82) is 0 Å². The number of amides is 1. The summed E-state index contributed by atoms with van der Waals surface area (Å²) in [6.45, 7) is 4.81. The van der Waals surface area contributed by atoms with Crippen LogP contribution in [-0.2, 0) is 0 Å². The molecule has 0 aliphatic carbocycles. The largest absolute Gasteiger partial charge is 0.497 e. The van der Waals surface area contributed by atoms with Crippen LogP contribution in [0.2, 0.25) is 0 Å². The minimum absolute atomic E-state index is 0.0289. The first-order chi connectivity index (χ1) is 12.0. The fourth-order valence-corrected chi connectivity index (χ4v) is 3.02. The van der Waals surface area contributed by atoms with Crippen molar-refractivity contribution in [2.75, 3.05) is 20.7 Å². The number of likely N-dealkylation sites (N-methyl/N-ethyl adjacent to an activating group) is 1. The summed E-state index contributed by atoms with van der Waals surface area (Å²) in [5.74, 6) is 2.21. The van der Waals surface area contributed by atoms with Gasteiger partial charge >= 0.3 is 0 Å². The number of aromatic nitrogens is 2. The molecule has 1 aromatic heterocycles. The van der Waals surface area contributed by atoms with E-state index in [1.807, 2.05) is 20.9 Å². The van der Waals surface area contributed by atoms with Gasteiger partial charge in [-0.05, 0) is 37.7 Å². The van der Waals surface area contributed by atoms with Crippen LogP contribution in [0.5, 0.6) is 5.75 Å². The minimum atomic E-state index is -0.0879. The van der Waals surface area contributed by atoms with Gasteiger partial charge in [0.15, 0.2) is 5.82 Å². The number of nitrogens with one attached hydrogen (secondary N) is 1. The maximum absolute atomic E-state index is 12.4. The first-order valence-electron chi connectivity index (χ1n) is 8.46. The zero-order valence-electron chi connectivity index (χ0n) is 15.0. The Bertz CT molecular complexity index is 726. The molecule has 0 spiro atoms. The molecule has 1 aliphatic rings. The van der Waals surface area contributed by atoms with Crippen LogP contribution in [0.3, 0.4) is 0 Å². The van der Waals surface area contributed by atoms with Crippen molar-refractivity contribution in [3.05, 3.63) is 41.5 Å². The molecule has 2 atom stereocenters. The molecular formula is C18H24N4O3. The van der Waals surface area contributed by atoms with Crippen LogP contribution in [0.25, 0.3) is 0 Å². The number of rotatable bonds is 5. The molecule has 0 unspecified atom stereocenters. The summed E-state index contributed by atoms with van der Waals surface area (Å²) in [4.78, 5) is 19.0. The number of hydrogen-bond donors (Lipinski definition) is 1. The van der Waals surface area contributed by atoms with Crippen LogP contribution >= 0.6 is 0 Å². The lowest BCUT2D eigenvalue weighted by Gasteiger charge is -2.14. The van der Waals surface area contributed by atoms with Gasteiger partial charge in [-0.25, -0.2) is 0 Å². The zero-order valence-corrected chi connectivity index (χ0v) is 15.0. The Kier molecular flexibility index (Phi) is 5.03. The molecule has 0 radical (unpaired) electrons. The number of hydrogen-bond acceptors (Lipinski definition) is 6. The predicted molar refractivity (Wildman–Crippen MR) is 92.6 cm³/mol. The van der Waals surface area contributed by atoms with Crippen LogP contribution in [0.4, 0.5) is 0 Å². The van der Waals surface area contributed by atoms with Gasteiger partial charge in [-0.2, -0.15) is 4.98 Å². The molecule has 1 aromatic carbocycles. The fraction of sp³-hybridized carbons (Fsp3) is 0.500. The lowest BCUT2D eigenvalue weighted by Crippen LogP contribution is -2.36. The Balaban J connectivity index is 1.63. The van der Waals surface area contributed by atoms with Crippen molar-refractivity contribution >= 4 is 5.91 Å². The van der Waals surface area contributed by atoms with E-state index < -0.39 is 0 Å². The Morgan fingerprint density at radius 1 is 1.36 bits per heavy atom. The highest BCUT2D eigenvalue weighted by molar-refractivity contribution is 5.94. The zero-order chi connectivity index (χ0) is 18.0. The van der Waals surface area contributed by atoms with Gasteiger partial charge < -0.3 is 14.6 Å². The van der Waals surface area contributed by atoms with Crippen molar-refractivity contribution in [3.63, 3.8) is 0 Å². The number of likely N-dealkylation sites (tertiary alicyclic amines) is 1. The maximum Gasteiger partial charge on any atom is 0.251 e. The summed E-state index contributed by atoms with van der Waals surface area (Å²) in [6.07, 6.45) is 0.748. The molecule has 7 nitrogen and oxygen atoms in total. The van der Waals surface area contributed by atoms with Crippen molar-refractivity contribution in [2.24, 2.45) is 0 Å². The normalized spacial score (nSPS) is 20.8. The summed E-state index contributed by atoms with van der Waals surface area (Å²) < 4.78 is 10.5. The topological polar surface area (TPSA) is 80.5 Å². The van der Waals surface area contributed by atoms with E-state index in [1.54, 1.807) is 31.4 Å². The first-order valence-corrected chi connectivity index (χ1v) is 8.46. The number of benzene rings is 1. The Labute approximate surface area is 147 Å². The van der Waals surface area contributed by atoms with Crippen molar-refractivity contribution in [3.8, 4) is 5.75 Å². The third-order valence-corrected chi connectivity index (χ3v) is 4.49. The van der Waals surface area contributed by atoms with Gasteiger partial charge in [0.05, 0.1) is 13.2 Å². The first kappa shape index (κ1) is 17.4. The Morgan fingerprint density at radius 2 is 2.08 bits per heavy atom. The molecule has 3 rings (SSSR count). The van der Waals surface area contributed by atoms with E-state index in [1.165, 1.54) is 0 Å². The SMILES string of the molecule is COc1ccc(C(=O)N[C@H]2C[C@@H](c3nc(C(C)C)no3)N(C)C2)cc1. The van der Waals surface area contributed by atoms with E-state index in [-0.39, 0.29) is 23.9 Å². The minimum Gasteiger partial charge on any atom is -0.497 e. The second-order valence-corrected chi connectivity index (χ2v) is 6.74. The second kappa shape index (κ2) is 7.23. The number of methoxy groups -OCH3 is 1. The Morgan fingerprint density at radius 3 is 2.68 bits per heavy atom. The molecule has 7 heteroatoms. The molecule has 1 amide bonds. The highest BCUT2D eigenvalue weighted by Crippen LogP contribution is 2.30. The third kappa shape index (κ3) is 3.82. The van der Waals surface area contributed by atoms with E-state index in [0.717, 1.165) is 18.7 Å². The van der Waals surface area contributed by atoms with Gasteiger partial charge in [-0.15, -0.1) is 0 Å². The van der Waals surface area contributed by atoms with Crippen molar-refractivity contribution < 1.29 is 14.1 Å². The van der Waals surface area contributed by atoms with Crippen molar-refractivity contribution in [1.82, 2.24) is 20.4 Å². The van der Waals surface area contributed by atoms with Crippen LogP contribution < -0.4 is 10.1 Å². The molecule has 1 saturated heterocycles. The molecular weight excluding hydrogens is 320 g/mol. The predicted octanol–water partition coefficient (Wildman–Crippen LogP) is 2.38. The van der Waals surface area contributed by atoms with E-state index in [2.05, 4.69) is 20.4 Å². The number of carbonyl (C=O) groups is 1. The van der Waals surface area contributed by atoms with Gasteiger partial charge in [0.1, 0.15) is 5.75 Å². The van der Waals surface area contributed by atoms with E-state index in [0.29, 0.717) is 17.3 Å². The van der Waals surface area contributed by atoms with Gasteiger partial charge in [0.2, 0.25) is 5.89 Å². The van der Waals surface area contributed by atoms with E-state index in [4.69, 9.17) is 9.26 Å². The average molecular weight is 344 g/mol. The molecule has 2 aromatic rings. The molecule has 1 N–H and O–H groups in total. The van der Waals surface area contributed by atoms with E-state index >= 15 is 0 Å². The molecule has 1 fully saturated rings. The third-order valence-electron chi connectivity index (χ3n) is 4.49. The number of ether oxygens (including phenoxy) is 1. The average Bonchev–Trinajstić information content (AvgIpc) is 3.21.